The predicted octanol–water partition coefficient (Wildman–Crippen LogP) is 5.22. The normalized spacial score (nSPS) is 15.9. The number of hydrogen-bond donors (Lipinski definition) is 0. The number of hydrogen-bond acceptors (Lipinski definition) is 4. The Morgan fingerprint density at radius 2 is 1.76 bits per heavy atom. The average Bonchev–Trinajstić information content (AvgIpc) is 3.49. The summed E-state index contributed by atoms with van der Waals surface area (Å²) in [5, 5.41) is 7.90. The first kappa shape index (κ1) is 22.7. The van der Waals surface area contributed by atoms with Gasteiger partial charge in [0.05, 0.1) is 22.2 Å². The third-order valence-electron chi connectivity index (χ3n) is 5.33. The molecule has 1 aromatic heterocycles. The largest absolute Gasteiger partial charge is 0.416 e. The van der Waals surface area contributed by atoms with Gasteiger partial charge >= 0.3 is 6.18 Å². The maximum atomic E-state index is 13.2. The quantitative estimate of drug-likeness (QED) is 0.513. The van der Waals surface area contributed by atoms with Crippen molar-refractivity contribution in [3.63, 3.8) is 0 Å². The fraction of sp³-hybridized carbons (Fsp3) is 0.208. The molecule has 0 radical (unpaired) electrons. The van der Waals surface area contributed by atoms with Crippen molar-refractivity contribution < 1.29 is 22.8 Å². The van der Waals surface area contributed by atoms with Crippen molar-refractivity contribution in [2.45, 2.75) is 18.6 Å². The van der Waals surface area contributed by atoms with E-state index in [0.29, 0.717) is 6.42 Å². The lowest BCUT2D eigenvalue weighted by Gasteiger charge is -2.25. The molecule has 9 heteroatoms. The topological polar surface area (TPSA) is 53.0 Å². The van der Waals surface area contributed by atoms with Crippen LogP contribution in [0, 0.1) is 0 Å². The maximum absolute atomic E-state index is 13.2. The van der Waals surface area contributed by atoms with E-state index in [0.717, 1.165) is 40.4 Å². The van der Waals surface area contributed by atoms with Crippen LogP contribution in [0.1, 0.15) is 38.8 Å². The van der Waals surface area contributed by atoms with Crippen LogP contribution in [0.25, 0.3) is 0 Å². The highest BCUT2D eigenvalue weighted by Gasteiger charge is 2.34. The second kappa shape index (κ2) is 9.19. The second-order valence-corrected chi connectivity index (χ2v) is 8.58. The van der Waals surface area contributed by atoms with Crippen LogP contribution in [0.15, 0.2) is 77.2 Å². The van der Waals surface area contributed by atoms with Gasteiger partial charge in [-0.1, -0.05) is 36.4 Å². The summed E-state index contributed by atoms with van der Waals surface area (Å²) in [4.78, 5) is 28.0. The first-order chi connectivity index (χ1) is 15.7. The molecule has 5 nitrogen and oxygen atoms in total. The van der Waals surface area contributed by atoms with Gasteiger partial charge in [0.25, 0.3) is 11.8 Å². The van der Waals surface area contributed by atoms with Gasteiger partial charge < -0.3 is 4.90 Å². The molecular formula is C24H20F3N3O2S. The van der Waals surface area contributed by atoms with Gasteiger partial charge in [0.1, 0.15) is 6.54 Å². The fourth-order valence-electron chi connectivity index (χ4n) is 3.64. The SMILES string of the molecule is CN(CC(=O)N1N=C(c2cccs2)C[C@H]1c1ccccc1)C(=O)c1ccc(C(F)(F)F)cc1. The van der Waals surface area contributed by atoms with E-state index in [1.807, 2.05) is 47.8 Å². The van der Waals surface area contributed by atoms with E-state index in [9.17, 15) is 22.8 Å². The van der Waals surface area contributed by atoms with Gasteiger partial charge in [-0.05, 0) is 41.3 Å². The number of thiophene rings is 1. The molecule has 1 atom stereocenters. The molecule has 0 N–H and O–H groups in total. The molecule has 4 rings (SSSR count). The molecule has 1 aliphatic rings. The molecule has 1 aliphatic heterocycles. The van der Waals surface area contributed by atoms with Gasteiger partial charge in [-0.3, -0.25) is 9.59 Å². The van der Waals surface area contributed by atoms with Crippen LogP contribution in [0.2, 0.25) is 0 Å². The summed E-state index contributed by atoms with van der Waals surface area (Å²) in [6.07, 6.45) is -3.93. The van der Waals surface area contributed by atoms with Gasteiger partial charge in [0.2, 0.25) is 0 Å². The Balaban J connectivity index is 1.51. The van der Waals surface area contributed by atoms with Gasteiger partial charge in [0, 0.05) is 19.0 Å². The van der Waals surface area contributed by atoms with E-state index >= 15 is 0 Å². The minimum Gasteiger partial charge on any atom is -0.332 e. The molecule has 0 spiro atoms. The smallest absolute Gasteiger partial charge is 0.332 e. The number of hydrazone groups is 1. The number of benzene rings is 2. The van der Waals surface area contributed by atoms with Crippen LogP contribution in [0.4, 0.5) is 13.2 Å². The Hall–Kier alpha value is -3.46. The molecular weight excluding hydrogens is 451 g/mol. The summed E-state index contributed by atoms with van der Waals surface area (Å²) in [5.41, 5.74) is 0.958. The highest BCUT2D eigenvalue weighted by Crippen LogP contribution is 2.34. The molecule has 0 unspecified atom stereocenters. The minimum absolute atomic E-state index is 0.0714. The van der Waals surface area contributed by atoms with Crippen molar-refractivity contribution in [1.82, 2.24) is 9.91 Å². The number of nitrogens with zero attached hydrogens (tertiary/aromatic N) is 3. The summed E-state index contributed by atoms with van der Waals surface area (Å²) in [7, 11) is 1.44. The lowest BCUT2D eigenvalue weighted by molar-refractivity contribution is -0.137. The molecule has 2 heterocycles. The Kier molecular flexibility index (Phi) is 6.33. The molecule has 170 valence electrons. The number of carbonyl (C=O) groups is 2. The third-order valence-corrected chi connectivity index (χ3v) is 6.25. The number of alkyl halides is 3. The van der Waals surface area contributed by atoms with Gasteiger partial charge in [-0.15, -0.1) is 11.3 Å². The van der Waals surface area contributed by atoms with Crippen LogP contribution in [0.3, 0.4) is 0 Å². The Morgan fingerprint density at radius 3 is 2.36 bits per heavy atom. The molecule has 2 amide bonds. The highest BCUT2D eigenvalue weighted by molar-refractivity contribution is 7.12. The van der Waals surface area contributed by atoms with E-state index < -0.39 is 17.6 Å². The number of carbonyl (C=O) groups excluding carboxylic acids is 2. The lowest BCUT2D eigenvalue weighted by Crippen LogP contribution is -2.39. The Labute approximate surface area is 192 Å². The average molecular weight is 472 g/mol. The predicted molar refractivity (Wildman–Crippen MR) is 120 cm³/mol. The van der Waals surface area contributed by atoms with Gasteiger partial charge in [-0.25, -0.2) is 5.01 Å². The van der Waals surface area contributed by atoms with Crippen molar-refractivity contribution in [2.75, 3.05) is 13.6 Å². The monoisotopic (exact) mass is 471 g/mol. The molecule has 0 saturated heterocycles. The third kappa shape index (κ3) is 4.98. The minimum atomic E-state index is -4.48. The number of likely N-dealkylation sites (N-methyl/N-ethyl adjacent to an activating group) is 1. The zero-order chi connectivity index (χ0) is 23.6. The molecule has 0 aliphatic carbocycles. The summed E-state index contributed by atoms with van der Waals surface area (Å²) < 4.78 is 38.3. The molecule has 2 aromatic carbocycles. The van der Waals surface area contributed by atoms with E-state index in [4.69, 9.17) is 0 Å². The van der Waals surface area contributed by atoms with Crippen molar-refractivity contribution in [3.05, 3.63) is 93.7 Å². The summed E-state index contributed by atoms with van der Waals surface area (Å²) in [6.45, 7) is -0.260. The van der Waals surface area contributed by atoms with Crippen LogP contribution >= 0.6 is 11.3 Å². The van der Waals surface area contributed by atoms with Crippen LogP contribution in [0.5, 0.6) is 0 Å². The number of amides is 2. The Morgan fingerprint density at radius 1 is 1.06 bits per heavy atom. The Bertz CT molecular complexity index is 1160. The highest BCUT2D eigenvalue weighted by atomic mass is 32.1. The first-order valence-electron chi connectivity index (χ1n) is 10.1. The van der Waals surface area contributed by atoms with Crippen LogP contribution in [-0.2, 0) is 11.0 Å². The molecule has 0 bridgehead atoms. The molecule has 0 saturated carbocycles. The van der Waals surface area contributed by atoms with Crippen LogP contribution < -0.4 is 0 Å². The second-order valence-electron chi connectivity index (χ2n) is 7.63. The van der Waals surface area contributed by atoms with Crippen molar-refractivity contribution in [3.8, 4) is 0 Å². The maximum Gasteiger partial charge on any atom is 0.416 e. The van der Waals surface area contributed by atoms with E-state index in [1.165, 1.54) is 28.3 Å². The van der Waals surface area contributed by atoms with Crippen molar-refractivity contribution >= 4 is 28.9 Å². The summed E-state index contributed by atoms with van der Waals surface area (Å²) in [5.74, 6) is -0.923. The summed E-state index contributed by atoms with van der Waals surface area (Å²) >= 11 is 1.54. The summed E-state index contributed by atoms with van der Waals surface area (Å²) in [6, 6.07) is 17.0. The number of halogens is 3. The molecule has 0 fully saturated rings. The fourth-order valence-corrected chi connectivity index (χ4v) is 4.36. The standard InChI is InChI=1S/C24H20F3N3O2S/c1-29(23(32)17-9-11-18(12-10-17)24(25,26)27)15-22(31)30-20(16-6-3-2-4-7-16)14-19(28-30)21-8-5-13-33-21/h2-13,20H,14-15H2,1H3/t20-/m0/s1. The van der Waals surface area contributed by atoms with E-state index in [2.05, 4.69) is 5.10 Å². The van der Waals surface area contributed by atoms with Crippen molar-refractivity contribution in [1.29, 1.82) is 0 Å². The van der Waals surface area contributed by atoms with E-state index in [-0.39, 0.29) is 24.1 Å². The lowest BCUT2D eigenvalue weighted by atomic mass is 10.0. The first-order valence-corrected chi connectivity index (χ1v) is 11.0. The zero-order valence-electron chi connectivity index (χ0n) is 17.6. The van der Waals surface area contributed by atoms with Gasteiger partial charge in [-0.2, -0.15) is 18.3 Å². The molecule has 3 aromatic rings. The molecule has 33 heavy (non-hydrogen) atoms. The zero-order valence-corrected chi connectivity index (χ0v) is 18.4. The van der Waals surface area contributed by atoms with Gasteiger partial charge in [0.15, 0.2) is 0 Å². The number of rotatable bonds is 5. The van der Waals surface area contributed by atoms with Crippen molar-refractivity contribution in [2.24, 2.45) is 5.10 Å². The van der Waals surface area contributed by atoms with E-state index in [1.54, 1.807) is 0 Å². The van der Waals surface area contributed by atoms with Crippen LogP contribution in [-0.4, -0.2) is 41.0 Å².